The highest BCUT2D eigenvalue weighted by atomic mass is 32.2. The van der Waals surface area contributed by atoms with Gasteiger partial charge in [0.1, 0.15) is 0 Å². The van der Waals surface area contributed by atoms with E-state index < -0.39 is 10.0 Å². The Morgan fingerprint density at radius 2 is 1.80 bits per heavy atom. The molecule has 1 heterocycles. The number of hydrogen-bond acceptors (Lipinski definition) is 4. The molecular weight excluding hydrogens is 338 g/mol. The van der Waals surface area contributed by atoms with E-state index in [1.165, 1.54) is 29.3 Å². The van der Waals surface area contributed by atoms with Crippen LogP contribution in [0.1, 0.15) is 39.0 Å². The number of amides is 1. The van der Waals surface area contributed by atoms with Crippen LogP contribution in [-0.2, 0) is 14.8 Å². The first-order valence-corrected chi connectivity index (χ1v) is 10.8. The highest BCUT2D eigenvalue weighted by Crippen LogP contribution is 2.21. The van der Waals surface area contributed by atoms with Crippen LogP contribution in [0.25, 0.3) is 0 Å². The van der Waals surface area contributed by atoms with Crippen LogP contribution in [0.3, 0.4) is 0 Å². The maximum Gasteiger partial charge on any atom is 0.239 e. The normalized spacial score (nSPS) is 15.4. The smallest absolute Gasteiger partial charge is 0.239 e. The molecule has 1 aromatic rings. The number of benzene rings is 1. The molecule has 1 aromatic carbocycles. The third kappa shape index (κ3) is 6.32. The summed E-state index contributed by atoms with van der Waals surface area (Å²) in [6.07, 6.45) is 6.49. The Morgan fingerprint density at radius 1 is 1.16 bits per heavy atom. The number of nitrogens with zero attached hydrogens (tertiary/aromatic N) is 2. The summed E-state index contributed by atoms with van der Waals surface area (Å²) < 4.78 is 24.8. The third-order valence-electron chi connectivity index (χ3n) is 4.42. The number of unbranched alkanes of at least 4 members (excludes halogenated alkanes) is 1. The van der Waals surface area contributed by atoms with E-state index in [0.717, 1.165) is 32.2 Å². The fourth-order valence-corrected chi connectivity index (χ4v) is 3.78. The predicted molar refractivity (Wildman–Crippen MR) is 102 cm³/mol. The van der Waals surface area contributed by atoms with Crippen molar-refractivity contribution in [1.29, 1.82) is 0 Å². The van der Waals surface area contributed by atoms with E-state index in [2.05, 4.69) is 10.2 Å². The van der Waals surface area contributed by atoms with Crippen LogP contribution >= 0.6 is 0 Å². The van der Waals surface area contributed by atoms with Crippen LogP contribution in [0.2, 0.25) is 0 Å². The molecule has 2 rings (SSSR count). The van der Waals surface area contributed by atoms with E-state index in [0.29, 0.717) is 12.2 Å². The molecule has 7 heteroatoms. The Labute approximate surface area is 151 Å². The van der Waals surface area contributed by atoms with E-state index in [9.17, 15) is 13.2 Å². The van der Waals surface area contributed by atoms with Crippen molar-refractivity contribution < 1.29 is 13.2 Å². The van der Waals surface area contributed by atoms with Crippen molar-refractivity contribution in [2.45, 2.75) is 39.0 Å². The number of nitrogens with one attached hydrogen (secondary N) is 1. The topological polar surface area (TPSA) is 69.7 Å². The second kappa shape index (κ2) is 9.20. The van der Waals surface area contributed by atoms with Gasteiger partial charge in [-0.3, -0.25) is 4.79 Å². The number of anilines is 2. The lowest BCUT2D eigenvalue weighted by molar-refractivity contribution is -0.116. The van der Waals surface area contributed by atoms with Gasteiger partial charge in [-0.25, -0.2) is 8.42 Å². The van der Waals surface area contributed by atoms with E-state index >= 15 is 0 Å². The van der Waals surface area contributed by atoms with E-state index in [4.69, 9.17) is 0 Å². The number of rotatable bonds is 8. The second-order valence-electron chi connectivity index (χ2n) is 6.59. The van der Waals surface area contributed by atoms with Crippen LogP contribution in [-0.4, -0.2) is 51.1 Å². The van der Waals surface area contributed by atoms with E-state index in [-0.39, 0.29) is 12.5 Å². The lowest BCUT2D eigenvalue weighted by atomic mass is 10.1. The maximum absolute atomic E-state index is 12.2. The molecule has 0 spiro atoms. The van der Waals surface area contributed by atoms with Crippen molar-refractivity contribution in [2.75, 3.05) is 42.7 Å². The number of sulfonamides is 1. The summed E-state index contributed by atoms with van der Waals surface area (Å²) in [6, 6.07) is 7.76. The molecule has 1 aliphatic rings. The fourth-order valence-electron chi connectivity index (χ4n) is 2.96. The number of carbonyl (C=O) groups excluding carboxylic acids is 1. The molecule has 0 aromatic heterocycles. The van der Waals surface area contributed by atoms with E-state index in [1.807, 2.05) is 31.2 Å². The second-order valence-corrected chi connectivity index (χ2v) is 8.58. The predicted octanol–water partition coefficient (Wildman–Crippen LogP) is 2.68. The molecule has 1 amide bonds. The average Bonchev–Trinajstić information content (AvgIpc) is 2.59. The molecule has 0 radical (unpaired) electrons. The average molecular weight is 368 g/mol. The summed E-state index contributed by atoms with van der Waals surface area (Å²) in [5.74, 6) is -0.313. The molecule has 0 atom stereocenters. The van der Waals surface area contributed by atoms with Gasteiger partial charge in [-0.15, -0.1) is 0 Å². The van der Waals surface area contributed by atoms with Gasteiger partial charge in [-0.05, 0) is 49.9 Å². The molecule has 1 saturated heterocycles. The summed E-state index contributed by atoms with van der Waals surface area (Å²) >= 11 is 0. The number of hydrogen-bond donors (Lipinski definition) is 1. The SMILES string of the molecule is CCCCN(CC(=O)Nc1ccc(N2CCCCC2)cc1)S(C)(=O)=O. The molecule has 1 aliphatic heterocycles. The lowest BCUT2D eigenvalue weighted by Crippen LogP contribution is -2.38. The Morgan fingerprint density at radius 3 is 2.36 bits per heavy atom. The van der Waals surface area contributed by atoms with Crippen molar-refractivity contribution in [3.63, 3.8) is 0 Å². The number of carbonyl (C=O) groups is 1. The minimum Gasteiger partial charge on any atom is -0.372 e. The Kier molecular flexibility index (Phi) is 7.25. The summed E-state index contributed by atoms with van der Waals surface area (Å²) in [6.45, 7) is 4.37. The van der Waals surface area contributed by atoms with Gasteiger partial charge in [-0.1, -0.05) is 13.3 Å². The minimum atomic E-state index is -3.38. The molecular formula is C18H29N3O3S. The Hall–Kier alpha value is -1.60. The molecule has 25 heavy (non-hydrogen) atoms. The largest absolute Gasteiger partial charge is 0.372 e. The van der Waals surface area contributed by atoms with Crippen molar-refractivity contribution in [3.05, 3.63) is 24.3 Å². The Balaban J connectivity index is 1.92. The molecule has 1 N–H and O–H groups in total. The molecule has 1 fully saturated rings. The summed E-state index contributed by atoms with van der Waals surface area (Å²) in [5.41, 5.74) is 1.85. The van der Waals surface area contributed by atoms with Gasteiger partial charge in [0.05, 0.1) is 12.8 Å². The van der Waals surface area contributed by atoms with Crippen LogP contribution in [0.5, 0.6) is 0 Å². The first-order valence-electron chi connectivity index (χ1n) is 9.00. The first kappa shape index (κ1) is 19.7. The standard InChI is InChI=1S/C18H29N3O3S/c1-3-4-14-21(25(2,23)24)15-18(22)19-16-8-10-17(11-9-16)20-12-6-5-7-13-20/h8-11H,3-7,12-15H2,1-2H3,(H,19,22). The van der Waals surface area contributed by atoms with Crippen LogP contribution in [0, 0.1) is 0 Å². The molecule has 0 saturated carbocycles. The zero-order valence-electron chi connectivity index (χ0n) is 15.2. The van der Waals surface area contributed by atoms with Gasteiger partial charge < -0.3 is 10.2 Å². The van der Waals surface area contributed by atoms with Crippen LogP contribution in [0.4, 0.5) is 11.4 Å². The van der Waals surface area contributed by atoms with Gasteiger partial charge in [0.25, 0.3) is 0 Å². The highest BCUT2D eigenvalue weighted by Gasteiger charge is 2.19. The summed E-state index contributed by atoms with van der Waals surface area (Å²) in [7, 11) is -3.38. The summed E-state index contributed by atoms with van der Waals surface area (Å²) in [5, 5.41) is 2.79. The number of piperidine rings is 1. The first-order chi connectivity index (χ1) is 11.9. The van der Waals surface area contributed by atoms with Crippen LogP contribution < -0.4 is 10.2 Å². The van der Waals surface area contributed by atoms with E-state index in [1.54, 1.807) is 0 Å². The van der Waals surface area contributed by atoms with Gasteiger partial charge in [0, 0.05) is 31.0 Å². The van der Waals surface area contributed by atoms with Crippen molar-refractivity contribution >= 4 is 27.3 Å². The summed E-state index contributed by atoms with van der Waals surface area (Å²) in [4.78, 5) is 14.5. The molecule has 0 unspecified atom stereocenters. The van der Waals surface area contributed by atoms with Gasteiger partial charge in [0.2, 0.25) is 15.9 Å². The van der Waals surface area contributed by atoms with Crippen LogP contribution in [0.15, 0.2) is 24.3 Å². The van der Waals surface area contributed by atoms with Crippen molar-refractivity contribution in [3.8, 4) is 0 Å². The fraction of sp³-hybridized carbons (Fsp3) is 0.611. The third-order valence-corrected chi connectivity index (χ3v) is 5.67. The Bertz CT molecular complexity index is 653. The van der Waals surface area contributed by atoms with Crippen molar-refractivity contribution in [1.82, 2.24) is 4.31 Å². The monoisotopic (exact) mass is 367 g/mol. The zero-order chi connectivity index (χ0) is 18.3. The van der Waals surface area contributed by atoms with Gasteiger partial charge >= 0.3 is 0 Å². The molecule has 6 nitrogen and oxygen atoms in total. The van der Waals surface area contributed by atoms with Gasteiger partial charge in [0.15, 0.2) is 0 Å². The molecule has 0 bridgehead atoms. The van der Waals surface area contributed by atoms with Gasteiger partial charge in [-0.2, -0.15) is 4.31 Å². The molecule has 0 aliphatic carbocycles. The lowest BCUT2D eigenvalue weighted by Gasteiger charge is -2.28. The maximum atomic E-state index is 12.2. The molecule has 140 valence electrons. The van der Waals surface area contributed by atoms with Crippen molar-refractivity contribution in [2.24, 2.45) is 0 Å². The zero-order valence-corrected chi connectivity index (χ0v) is 16.0. The minimum absolute atomic E-state index is 0.146. The highest BCUT2D eigenvalue weighted by molar-refractivity contribution is 7.88. The quantitative estimate of drug-likeness (QED) is 0.767.